The summed E-state index contributed by atoms with van der Waals surface area (Å²) in [6.07, 6.45) is 4.02. The van der Waals surface area contributed by atoms with E-state index in [0.717, 1.165) is 42.5 Å². The second kappa shape index (κ2) is 4.59. The number of carbonyl (C=O) groups excluding carboxylic acids is 1. The summed E-state index contributed by atoms with van der Waals surface area (Å²) in [6, 6.07) is 5.96. The van der Waals surface area contributed by atoms with Gasteiger partial charge in [0.2, 0.25) is 0 Å². The van der Waals surface area contributed by atoms with Crippen LogP contribution in [0.4, 0.5) is 5.69 Å². The van der Waals surface area contributed by atoms with E-state index in [9.17, 15) is 4.79 Å². The minimum Gasteiger partial charge on any atom is -0.369 e. The highest BCUT2D eigenvalue weighted by molar-refractivity contribution is 6.08. The fraction of sp³-hybridized carbons (Fsp3) is 0.357. The smallest absolute Gasteiger partial charge is 0.250 e. The maximum absolute atomic E-state index is 11.4. The van der Waals surface area contributed by atoms with Crippen LogP contribution in [0.5, 0.6) is 0 Å². The summed E-state index contributed by atoms with van der Waals surface area (Å²) in [6.45, 7) is 1.86. The highest BCUT2D eigenvalue weighted by Crippen LogP contribution is 2.30. The summed E-state index contributed by atoms with van der Waals surface area (Å²) >= 11 is 0. The minimum atomic E-state index is -0.408. The molecule has 5 heteroatoms. The average Bonchev–Trinajstić information content (AvgIpc) is 2.86. The van der Waals surface area contributed by atoms with Crippen molar-refractivity contribution in [3.8, 4) is 0 Å². The number of fused-ring (bicyclic) bond motifs is 1. The molecule has 3 rings (SSSR count). The topological polar surface area (TPSA) is 88.1 Å². The molecule has 0 spiro atoms. The number of piperidine rings is 1. The lowest BCUT2D eigenvalue weighted by Crippen LogP contribution is -2.42. The summed E-state index contributed by atoms with van der Waals surface area (Å²) in [5.41, 5.74) is 13.9. The molecule has 1 aliphatic rings. The van der Waals surface area contributed by atoms with Gasteiger partial charge in [0.15, 0.2) is 0 Å². The van der Waals surface area contributed by atoms with Crippen LogP contribution >= 0.6 is 0 Å². The lowest BCUT2D eigenvalue weighted by atomic mass is 10.0. The molecule has 1 amide bonds. The third kappa shape index (κ3) is 2.06. The second-order valence-corrected chi connectivity index (χ2v) is 5.11. The zero-order valence-corrected chi connectivity index (χ0v) is 10.7. The van der Waals surface area contributed by atoms with Gasteiger partial charge in [-0.2, -0.15) is 0 Å². The summed E-state index contributed by atoms with van der Waals surface area (Å²) < 4.78 is 0. The average molecular weight is 258 g/mol. The zero-order chi connectivity index (χ0) is 13.4. The van der Waals surface area contributed by atoms with Gasteiger partial charge < -0.3 is 21.4 Å². The van der Waals surface area contributed by atoms with Crippen LogP contribution in [0.15, 0.2) is 24.4 Å². The van der Waals surface area contributed by atoms with Crippen LogP contribution in [0, 0.1) is 0 Å². The van der Waals surface area contributed by atoms with E-state index in [1.807, 2.05) is 18.3 Å². The molecular weight excluding hydrogens is 240 g/mol. The van der Waals surface area contributed by atoms with Gasteiger partial charge in [-0.3, -0.25) is 4.79 Å². The van der Waals surface area contributed by atoms with Crippen molar-refractivity contribution in [2.24, 2.45) is 11.5 Å². The molecule has 0 aliphatic carbocycles. The molecule has 19 heavy (non-hydrogen) atoms. The largest absolute Gasteiger partial charge is 0.369 e. The number of rotatable bonds is 2. The van der Waals surface area contributed by atoms with Crippen LogP contribution in [0.2, 0.25) is 0 Å². The number of anilines is 1. The van der Waals surface area contributed by atoms with Crippen molar-refractivity contribution in [3.05, 3.63) is 30.0 Å². The molecule has 1 fully saturated rings. The number of primary amides is 1. The van der Waals surface area contributed by atoms with E-state index >= 15 is 0 Å². The second-order valence-electron chi connectivity index (χ2n) is 5.11. The Morgan fingerprint density at radius 1 is 1.37 bits per heavy atom. The van der Waals surface area contributed by atoms with Crippen molar-refractivity contribution in [1.29, 1.82) is 0 Å². The molecule has 1 atom stereocenters. The molecule has 5 N–H and O–H groups in total. The predicted octanol–water partition coefficient (Wildman–Crippen LogP) is 1.19. The summed E-state index contributed by atoms with van der Waals surface area (Å²) in [7, 11) is 0. The Morgan fingerprint density at radius 3 is 2.95 bits per heavy atom. The third-order valence-corrected chi connectivity index (χ3v) is 3.76. The van der Waals surface area contributed by atoms with E-state index in [1.54, 1.807) is 6.07 Å². The van der Waals surface area contributed by atoms with Gasteiger partial charge in [0, 0.05) is 36.4 Å². The lowest BCUT2D eigenvalue weighted by molar-refractivity contribution is 0.100. The Hall–Kier alpha value is -2.01. The molecule has 2 heterocycles. The van der Waals surface area contributed by atoms with E-state index in [-0.39, 0.29) is 6.04 Å². The molecule has 2 aromatic rings. The molecule has 0 saturated carbocycles. The van der Waals surface area contributed by atoms with Gasteiger partial charge in [0.1, 0.15) is 0 Å². The van der Waals surface area contributed by atoms with Crippen LogP contribution in [0.3, 0.4) is 0 Å². The van der Waals surface area contributed by atoms with Crippen LogP contribution in [0.25, 0.3) is 10.9 Å². The van der Waals surface area contributed by atoms with Crippen molar-refractivity contribution in [2.45, 2.75) is 18.9 Å². The van der Waals surface area contributed by atoms with E-state index in [2.05, 4.69) is 9.88 Å². The number of nitrogens with one attached hydrogen (secondary N) is 1. The first kappa shape index (κ1) is 12.0. The maximum Gasteiger partial charge on any atom is 0.250 e. The third-order valence-electron chi connectivity index (χ3n) is 3.76. The van der Waals surface area contributed by atoms with Crippen LogP contribution in [0.1, 0.15) is 23.2 Å². The number of benzene rings is 1. The van der Waals surface area contributed by atoms with Gasteiger partial charge in [0.05, 0.1) is 11.1 Å². The SMILES string of the molecule is NC(=O)c1ccc(N2CCCC(N)C2)c2cc[nH]c12. The summed E-state index contributed by atoms with van der Waals surface area (Å²) in [5, 5.41) is 1.03. The molecule has 1 aromatic carbocycles. The minimum absolute atomic E-state index is 0.221. The van der Waals surface area contributed by atoms with Crippen molar-refractivity contribution in [3.63, 3.8) is 0 Å². The quantitative estimate of drug-likeness (QED) is 0.756. The molecule has 0 radical (unpaired) electrons. The monoisotopic (exact) mass is 258 g/mol. The van der Waals surface area contributed by atoms with Gasteiger partial charge in [-0.05, 0) is 31.0 Å². The first-order chi connectivity index (χ1) is 9.16. The summed E-state index contributed by atoms with van der Waals surface area (Å²) in [4.78, 5) is 16.8. The van der Waals surface area contributed by atoms with Crippen LogP contribution in [-0.4, -0.2) is 30.0 Å². The Labute approximate surface area is 111 Å². The number of aromatic nitrogens is 1. The Morgan fingerprint density at radius 2 is 2.21 bits per heavy atom. The number of H-pyrrole nitrogens is 1. The first-order valence-corrected chi connectivity index (χ1v) is 6.57. The number of nitrogens with zero attached hydrogens (tertiary/aromatic N) is 1. The van der Waals surface area contributed by atoms with Crippen molar-refractivity contribution >= 4 is 22.5 Å². The molecule has 5 nitrogen and oxygen atoms in total. The fourth-order valence-corrected chi connectivity index (χ4v) is 2.85. The van der Waals surface area contributed by atoms with E-state index in [4.69, 9.17) is 11.5 Å². The highest BCUT2D eigenvalue weighted by Gasteiger charge is 2.20. The van der Waals surface area contributed by atoms with Crippen molar-refractivity contribution in [2.75, 3.05) is 18.0 Å². The maximum atomic E-state index is 11.4. The molecule has 100 valence electrons. The van der Waals surface area contributed by atoms with E-state index in [0.29, 0.717) is 5.56 Å². The number of hydrogen-bond acceptors (Lipinski definition) is 3. The molecule has 1 aliphatic heterocycles. The molecule has 0 bridgehead atoms. The van der Waals surface area contributed by atoms with Crippen molar-refractivity contribution < 1.29 is 4.79 Å². The predicted molar refractivity (Wildman–Crippen MR) is 76.2 cm³/mol. The molecular formula is C14H18N4O. The number of aromatic amines is 1. The number of carbonyl (C=O) groups is 1. The number of nitrogens with two attached hydrogens (primary N) is 2. The lowest BCUT2D eigenvalue weighted by Gasteiger charge is -2.33. The Kier molecular flexibility index (Phi) is 2.91. The fourth-order valence-electron chi connectivity index (χ4n) is 2.85. The van der Waals surface area contributed by atoms with Gasteiger partial charge in [-0.15, -0.1) is 0 Å². The highest BCUT2D eigenvalue weighted by atomic mass is 16.1. The first-order valence-electron chi connectivity index (χ1n) is 6.57. The van der Waals surface area contributed by atoms with Gasteiger partial charge in [0.25, 0.3) is 5.91 Å². The molecule has 1 aromatic heterocycles. The van der Waals surface area contributed by atoms with Crippen molar-refractivity contribution in [1.82, 2.24) is 4.98 Å². The van der Waals surface area contributed by atoms with E-state index in [1.165, 1.54) is 0 Å². The number of amides is 1. The Balaban J connectivity index is 2.07. The number of hydrogen-bond donors (Lipinski definition) is 3. The summed E-state index contributed by atoms with van der Waals surface area (Å²) in [5.74, 6) is -0.408. The van der Waals surface area contributed by atoms with Gasteiger partial charge >= 0.3 is 0 Å². The van der Waals surface area contributed by atoms with Gasteiger partial charge in [-0.1, -0.05) is 0 Å². The van der Waals surface area contributed by atoms with Crippen LogP contribution < -0.4 is 16.4 Å². The van der Waals surface area contributed by atoms with Crippen LogP contribution in [-0.2, 0) is 0 Å². The zero-order valence-electron chi connectivity index (χ0n) is 10.7. The Bertz CT molecular complexity index is 619. The van der Waals surface area contributed by atoms with E-state index < -0.39 is 5.91 Å². The molecule has 1 saturated heterocycles. The normalized spacial score (nSPS) is 19.8. The van der Waals surface area contributed by atoms with Gasteiger partial charge in [-0.25, -0.2) is 0 Å². The standard InChI is InChI=1S/C14H18N4O/c15-9-2-1-7-18(8-9)12-4-3-11(14(16)19)13-10(12)5-6-17-13/h3-6,9,17H,1-2,7-8,15H2,(H2,16,19). The molecule has 1 unspecified atom stereocenters.